The number of hydrogen-bond acceptors (Lipinski definition) is 3. The Balaban J connectivity index is 2.58. The highest BCUT2D eigenvalue weighted by molar-refractivity contribution is 5.74. The van der Waals surface area contributed by atoms with E-state index in [4.69, 9.17) is 9.47 Å². The summed E-state index contributed by atoms with van der Waals surface area (Å²) in [5.41, 5.74) is 1.83. The summed E-state index contributed by atoms with van der Waals surface area (Å²) < 4.78 is 10.4. The Labute approximate surface area is 100 Å². The number of benzene rings is 2. The van der Waals surface area contributed by atoms with Crippen molar-refractivity contribution in [1.29, 1.82) is 0 Å². The second-order valence-electron chi connectivity index (χ2n) is 3.59. The van der Waals surface area contributed by atoms with Crippen molar-refractivity contribution in [3.63, 3.8) is 0 Å². The summed E-state index contributed by atoms with van der Waals surface area (Å²) in [4.78, 5) is 0. The quantitative estimate of drug-likeness (QED) is 0.880. The molecule has 2 aromatic carbocycles. The highest BCUT2D eigenvalue weighted by atomic mass is 16.5. The van der Waals surface area contributed by atoms with E-state index in [1.807, 2.05) is 30.3 Å². The molecule has 0 radical (unpaired) electrons. The maximum atomic E-state index is 9.79. The Bertz CT molecular complexity index is 506. The number of phenolic OH excluding ortho intramolecular Hbond substituents is 1. The maximum Gasteiger partial charge on any atom is 0.164 e. The molecule has 0 fully saturated rings. The molecule has 17 heavy (non-hydrogen) atoms. The third-order valence-electron chi connectivity index (χ3n) is 2.59. The molecule has 2 rings (SSSR count). The largest absolute Gasteiger partial charge is 0.504 e. The van der Waals surface area contributed by atoms with Gasteiger partial charge in [0.25, 0.3) is 0 Å². The molecule has 3 nitrogen and oxygen atoms in total. The van der Waals surface area contributed by atoms with Gasteiger partial charge in [0.05, 0.1) is 14.2 Å². The van der Waals surface area contributed by atoms with Crippen molar-refractivity contribution in [2.45, 2.75) is 0 Å². The van der Waals surface area contributed by atoms with E-state index in [1.54, 1.807) is 19.2 Å². The molecule has 0 heterocycles. The summed E-state index contributed by atoms with van der Waals surface area (Å²) in [6.07, 6.45) is 0. The standard InChI is InChI=1S/C14H14O3/c1-16-13-9-14(17-2)12(15)8-11(13)10-6-4-3-5-7-10/h3-9,15H,1-2H3. The third kappa shape index (κ3) is 2.18. The van der Waals surface area contributed by atoms with Gasteiger partial charge in [0.15, 0.2) is 11.5 Å². The molecule has 0 aliphatic carbocycles. The molecule has 0 aliphatic rings. The molecule has 0 atom stereocenters. The van der Waals surface area contributed by atoms with Crippen LogP contribution in [-0.4, -0.2) is 19.3 Å². The topological polar surface area (TPSA) is 38.7 Å². The van der Waals surface area contributed by atoms with Crippen LogP contribution in [0.2, 0.25) is 0 Å². The van der Waals surface area contributed by atoms with Crippen molar-refractivity contribution in [2.24, 2.45) is 0 Å². The number of hydrogen-bond donors (Lipinski definition) is 1. The predicted octanol–water partition coefficient (Wildman–Crippen LogP) is 3.08. The Morgan fingerprint density at radius 3 is 2.12 bits per heavy atom. The molecule has 0 saturated heterocycles. The van der Waals surface area contributed by atoms with Crippen LogP contribution in [0.5, 0.6) is 17.2 Å². The fraction of sp³-hybridized carbons (Fsp3) is 0.143. The Hall–Kier alpha value is -2.16. The molecule has 0 saturated carbocycles. The number of ether oxygens (including phenoxy) is 2. The molecule has 0 amide bonds. The lowest BCUT2D eigenvalue weighted by molar-refractivity contribution is 0.365. The summed E-state index contributed by atoms with van der Waals surface area (Å²) in [6, 6.07) is 13.1. The van der Waals surface area contributed by atoms with Gasteiger partial charge in [0, 0.05) is 11.6 Å². The molecule has 3 heteroatoms. The summed E-state index contributed by atoms with van der Waals surface area (Å²) in [6.45, 7) is 0. The number of rotatable bonds is 3. The van der Waals surface area contributed by atoms with Crippen LogP contribution >= 0.6 is 0 Å². The highest BCUT2D eigenvalue weighted by Crippen LogP contribution is 2.39. The van der Waals surface area contributed by atoms with E-state index in [0.717, 1.165) is 11.1 Å². The molecule has 0 aromatic heterocycles. The SMILES string of the molecule is COc1cc(OC)c(-c2ccccc2)cc1O. The summed E-state index contributed by atoms with van der Waals surface area (Å²) in [7, 11) is 3.11. The average molecular weight is 230 g/mol. The van der Waals surface area contributed by atoms with Crippen LogP contribution < -0.4 is 9.47 Å². The second-order valence-corrected chi connectivity index (χ2v) is 3.59. The van der Waals surface area contributed by atoms with E-state index in [1.165, 1.54) is 7.11 Å². The van der Waals surface area contributed by atoms with Crippen LogP contribution in [0, 0.1) is 0 Å². The normalized spacial score (nSPS) is 10.0. The zero-order chi connectivity index (χ0) is 12.3. The van der Waals surface area contributed by atoms with E-state index in [-0.39, 0.29) is 5.75 Å². The van der Waals surface area contributed by atoms with Crippen molar-refractivity contribution >= 4 is 0 Å². The minimum atomic E-state index is 0.104. The van der Waals surface area contributed by atoms with Gasteiger partial charge in [-0.15, -0.1) is 0 Å². The fourth-order valence-electron chi connectivity index (χ4n) is 1.73. The summed E-state index contributed by atoms with van der Waals surface area (Å²) >= 11 is 0. The van der Waals surface area contributed by atoms with Crippen LogP contribution in [0.1, 0.15) is 0 Å². The fourth-order valence-corrected chi connectivity index (χ4v) is 1.73. The van der Waals surface area contributed by atoms with Crippen molar-refractivity contribution in [1.82, 2.24) is 0 Å². The average Bonchev–Trinajstić information content (AvgIpc) is 2.39. The summed E-state index contributed by atoms with van der Waals surface area (Å²) in [5.74, 6) is 1.18. The van der Waals surface area contributed by atoms with Crippen LogP contribution in [0.3, 0.4) is 0 Å². The minimum absolute atomic E-state index is 0.104. The maximum absolute atomic E-state index is 9.79. The lowest BCUT2D eigenvalue weighted by Gasteiger charge is -2.12. The van der Waals surface area contributed by atoms with Gasteiger partial charge in [-0.1, -0.05) is 30.3 Å². The molecule has 2 aromatic rings. The lowest BCUT2D eigenvalue weighted by Crippen LogP contribution is -1.91. The Kier molecular flexibility index (Phi) is 3.19. The van der Waals surface area contributed by atoms with E-state index < -0.39 is 0 Å². The molecule has 0 aliphatic heterocycles. The first-order chi connectivity index (χ1) is 8.26. The van der Waals surface area contributed by atoms with Gasteiger partial charge in [-0.2, -0.15) is 0 Å². The Morgan fingerprint density at radius 1 is 0.882 bits per heavy atom. The van der Waals surface area contributed by atoms with E-state index >= 15 is 0 Å². The predicted molar refractivity (Wildman–Crippen MR) is 66.6 cm³/mol. The Morgan fingerprint density at radius 2 is 1.53 bits per heavy atom. The zero-order valence-corrected chi connectivity index (χ0v) is 9.81. The molecule has 0 spiro atoms. The summed E-state index contributed by atoms with van der Waals surface area (Å²) in [5, 5.41) is 9.79. The van der Waals surface area contributed by atoms with E-state index in [0.29, 0.717) is 11.5 Å². The van der Waals surface area contributed by atoms with E-state index in [9.17, 15) is 5.11 Å². The van der Waals surface area contributed by atoms with E-state index in [2.05, 4.69) is 0 Å². The van der Waals surface area contributed by atoms with Crippen molar-refractivity contribution in [3.05, 3.63) is 42.5 Å². The smallest absolute Gasteiger partial charge is 0.164 e. The monoisotopic (exact) mass is 230 g/mol. The molecule has 1 N–H and O–H groups in total. The number of aromatic hydroxyl groups is 1. The van der Waals surface area contributed by atoms with Gasteiger partial charge < -0.3 is 14.6 Å². The van der Waals surface area contributed by atoms with Crippen molar-refractivity contribution in [3.8, 4) is 28.4 Å². The third-order valence-corrected chi connectivity index (χ3v) is 2.59. The molecular formula is C14H14O3. The van der Waals surface area contributed by atoms with Gasteiger partial charge in [0.1, 0.15) is 5.75 Å². The first-order valence-corrected chi connectivity index (χ1v) is 5.26. The molecule has 0 bridgehead atoms. The van der Waals surface area contributed by atoms with Crippen LogP contribution in [0.4, 0.5) is 0 Å². The zero-order valence-electron chi connectivity index (χ0n) is 9.81. The molecule has 0 unspecified atom stereocenters. The van der Waals surface area contributed by atoms with Crippen molar-refractivity contribution in [2.75, 3.05) is 14.2 Å². The van der Waals surface area contributed by atoms with Crippen LogP contribution in [-0.2, 0) is 0 Å². The first-order valence-electron chi connectivity index (χ1n) is 5.26. The van der Waals surface area contributed by atoms with Gasteiger partial charge >= 0.3 is 0 Å². The van der Waals surface area contributed by atoms with Crippen LogP contribution in [0.25, 0.3) is 11.1 Å². The van der Waals surface area contributed by atoms with Gasteiger partial charge in [-0.25, -0.2) is 0 Å². The number of phenols is 1. The number of methoxy groups -OCH3 is 2. The van der Waals surface area contributed by atoms with Gasteiger partial charge in [-0.3, -0.25) is 0 Å². The highest BCUT2D eigenvalue weighted by Gasteiger charge is 2.11. The minimum Gasteiger partial charge on any atom is -0.504 e. The second kappa shape index (κ2) is 4.78. The van der Waals surface area contributed by atoms with Gasteiger partial charge in [-0.05, 0) is 11.6 Å². The van der Waals surface area contributed by atoms with Gasteiger partial charge in [0.2, 0.25) is 0 Å². The lowest BCUT2D eigenvalue weighted by atomic mass is 10.0. The van der Waals surface area contributed by atoms with Crippen LogP contribution in [0.15, 0.2) is 42.5 Å². The van der Waals surface area contributed by atoms with Crippen molar-refractivity contribution < 1.29 is 14.6 Å². The first kappa shape index (κ1) is 11.3. The molecule has 88 valence electrons. The molecular weight excluding hydrogens is 216 g/mol.